The highest BCUT2D eigenvalue weighted by Crippen LogP contribution is 2.30. The van der Waals surface area contributed by atoms with Gasteiger partial charge in [0.15, 0.2) is 0 Å². The Morgan fingerprint density at radius 1 is 1.33 bits per heavy atom. The molecule has 0 aromatic carbocycles. The molecule has 0 radical (unpaired) electrons. The van der Waals surface area contributed by atoms with Crippen LogP contribution in [0.3, 0.4) is 0 Å². The second kappa shape index (κ2) is 6.05. The Labute approximate surface area is 111 Å². The number of hydrogen-bond donors (Lipinski definition) is 1. The molecule has 1 N–H and O–H groups in total. The van der Waals surface area contributed by atoms with Crippen molar-refractivity contribution in [1.82, 2.24) is 5.32 Å². The SMILES string of the molecule is CCCC1(C(=O)OC2CCC(C)CC2)CCCN1. The van der Waals surface area contributed by atoms with Crippen LogP contribution in [0.2, 0.25) is 0 Å². The lowest BCUT2D eigenvalue weighted by atomic mass is 9.88. The molecule has 1 aliphatic heterocycles. The summed E-state index contributed by atoms with van der Waals surface area (Å²) in [5.74, 6) is 0.815. The molecule has 3 heteroatoms. The third kappa shape index (κ3) is 3.05. The van der Waals surface area contributed by atoms with E-state index in [1.165, 1.54) is 12.8 Å². The van der Waals surface area contributed by atoms with Crippen molar-refractivity contribution < 1.29 is 9.53 Å². The van der Waals surface area contributed by atoms with Crippen LogP contribution in [0, 0.1) is 5.92 Å². The summed E-state index contributed by atoms with van der Waals surface area (Å²) < 4.78 is 5.78. The summed E-state index contributed by atoms with van der Waals surface area (Å²) in [6.07, 6.45) is 8.66. The predicted molar refractivity (Wildman–Crippen MR) is 72.4 cm³/mol. The molecule has 1 saturated carbocycles. The molecule has 104 valence electrons. The summed E-state index contributed by atoms with van der Waals surface area (Å²) in [6, 6.07) is 0. The quantitative estimate of drug-likeness (QED) is 0.783. The van der Waals surface area contributed by atoms with Crippen molar-refractivity contribution in [3.63, 3.8) is 0 Å². The van der Waals surface area contributed by atoms with Gasteiger partial charge >= 0.3 is 5.97 Å². The molecule has 18 heavy (non-hydrogen) atoms. The molecule has 0 spiro atoms. The maximum atomic E-state index is 12.4. The molecule has 3 nitrogen and oxygen atoms in total. The number of esters is 1. The predicted octanol–water partition coefficient (Wildman–Crippen LogP) is 3.03. The van der Waals surface area contributed by atoms with E-state index in [1.54, 1.807) is 0 Å². The van der Waals surface area contributed by atoms with Crippen LogP contribution in [-0.4, -0.2) is 24.2 Å². The van der Waals surface area contributed by atoms with E-state index in [-0.39, 0.29) is 17.6 Å². The number of ether oxygens (including phenoxy) is 1. The Balaban J connectivity index is 1.89. The lowest BCUT2D eigenvalue weighted by Gasteiger charge is -2.32. The van der Waals surface area contributed by atoms with Crippen molar-refractivity contribution in [3.05, 3.63) is 0 Å². The first-order valence-corrected chi connectivity index (χ1v) is 7.62. The molecule has 2 fully saturated rings. The topological polar surface area (TPSA) is 38.3 Å². The summed E-state index contributed by atoms with van der Waals surface area (Å²) in [6.45, 7) is 5.38. The van der Waals surface area contributed by atoms with Crippen LogP contribution >= 0.6 is 0 Å². The number of carbonyl (C=O) groups is 1. The lowest BCUT2D eigenvalue weighted by Crippen LogP contribution is -2.49. The van der Waals surface area contributed by atoms with Crippen molar-refractivity contribution in [1.29, 1.82) is 0 Å². The second-order valence-corrected chi connectivity index (χ2v) is 6.15. The molecule has 0 bridgehead atoms. The summed E-state index contributed by atoms with van der Waals surface area (Å²) in [5.41, 5.74) is -0.363. The number of carbonyl (C=O) groups excluding carboxylic acids is 1. The standard InChI is InChI=1S/C15H27NO2/c1-3-9-15(10-4-11-16-15)14(17)18-13-7-5-12(2)6-8-13/h12-13,16H,3-11H2,1-2H3. The minimum Gasteiger partial charge on any atom is -0.461 e. The summed E-state index contributed by atoms with van der Waals surface area (Å²) >= 11 is 0. The van der Waals surface area contributed by atoms with Gasteiger partial charge in [-0.05, 0) is 57.4 Å². The molecule has 1 unspecified atom stereocenters. The smallest absolute Gasteiger partial charge is 0.326 e. The van der Waals surface area contributed by atoms with Gasteiger partial charge in [0.25, 0.3) is 0 Å². The Bertz CT molecular complexity index is 276. The largest absolute Gasteiger partial charge is 0.461 e. The zero-order chi connectivity index (χ0) is 13.0. The highest BCUT2D eigenvalue weighted by Gasteiger charge is 2.42. The van der Waals surface area contributed by atoms with Crippen molar-refractivity contribution in [2.45, 2.75) is 76.9 Å². The van der Waals surface area contributed by atoms with E-state index >= 15 is 0 Å². The van der Waals surface area contributed by atoms with Gasteiger partial charge in [-0.2, -0.15) is 0 Å². The van der Waals surface area contributed by atoms with Gasteiger partial charge in [-0.3, -0.25) is 4.79 Å². The van der Waals surface area contributed by atoms with Crippen molar-refractivity contribution in [2.75, 3.05) is 6.54 Å². The molecule has 1 atom stereocenters. The molecule has 1 saturated heterocycles. The van der Waals surface area contributed by atoms with Gasteiger partial charge in [-0.1, -0.05) is 20.3 Å². The second-order valence-electron chi connectivity index (χ2n) is 6.15. The van der Waals surface area contributed by atoms with E-state index in [0.717, 1.165) is 51.0 Å². The number of rotatable bonds is 4. The molecule has 2 rings (SSSR count). The molecule has 1 heterocycles. The molecule has 2 aliphatic rings. The van der Waals surface area contributed by atoms with Crippen LogP contribution in [0.25, 0.3) is 0 Å². The zero-order valence-electron chi connectivity index (χ0n) is 11.8. The van der Waals surface area contributed by atoms with Crippen LogP contribution < -0.4 is 5.32 Å². The van der Waals surface area contributed by atoms with Crippen molar-refractivity contribution in [2.24, 2.45) is 5.92 Å². The van der Waals surface area contributed by atoms with E-state index in [1.807, 2.05) is 0 Å². The normalized spacial score (nSPS) is 36.6. The van der Waals surface area contributed by atoms with E-state index in [2.05, 4.69) is 19.2 Å². The first-order valence-electron chi connectivity index (χ1n) is 7.62. The number of hydrogen-bond acceptors (Lipinski definition) is 3. The summed E-state index contributed by atoms with van der Waals surface area (Å²) in [5, 5.41) is 3.39. The fourth-order valence-electron chi connectivity index (χ4n) is 3.33. The Hall–Kier alpha value is -0.570. The van der Waals surface area contributed by atoms with Crippen molar-refractivity contribution in [3.8, 4) is 0 Å². The minimum absolute atomic E-state index is 0.0152. The third-order valence-electron chi connectivity index (χ3n) is 4.55. The average Bonchev–Trinajstić information content (AvgIpc) is 2.82. The molecule has 0 aromatic heterocycles. The van der Waals surface area contributed by atoms with E-state index in [4.69, 9.17) is 4.74 Å². The van der Waals surface area contributed by atoms with E-state index in [0.29, 0.717) is 0 Å². The van der Waals surface area contributed by atoms with Crippen LogP contribution in [0.15, 0.2) is 0 Å². The van der Waals surface area contributed by atoms with Gasteiger partial charge < -0.3 is 10.1 Å². The van der Waals surface area contributed by atoms with E-state index < -0.39 is 0 Å². The Morgan fingerprint density at radius 3 is 2.61 bits per heavy atom. The third-order valence-corrected chi connectivity index (χ3v) is 4.55. The van der Waals surface area contributed by atoms with Crippen LogP contribution in [-0.2, 0) is 9.53 Å². The van der Waals surface area contributed by atoms with Crippen LogP contribution in [0.1, 0.15) is 65.2 Å². The van der Waals surface area contributed by atoms with Gasteiger partial charge in [-0.15, -0.1) is 0 Å². The van der Waals surface area contributed by atoms with Crippen LogP contribution in [0.5, 0.6) is 0 Å². The Kier molecular flexibility index (Phi) is 4.66. The molecule has 0 aromatic rings. The van der Waals surface area contributed by atoms with Crippen molar-refractivity contribution >= 4 is 5.97 Å². The molecule has 1 aliphatic carbocycles. The van der Waals surface area contributed by atoms with E-state index in [9.17, 15) is 4.79 Å². The minimum atomic E-state index is -0.363. The maximum absolute atomic E-state index is 12.4. The first kappa shape index (κ1) is 13.9. The zero-order valence-corrected chi connectivity index (χ0v) is 11.8. The van der Waals surface area contributed by atoms with Gasteiger partial charge in [0.1, 0.15) is 11.6 Å². The fourth-order valence-corrected chi connectivity index (χ4v) is 3.33. The van der Waals surface area contributed by atoms with Crippen LogP contribution in [0.4, 0.5) is 0 Å². The summed E-state index contributed by atoms with van der Waals surface area (Å²) in [4.78, 5) is 12.4. The molecule has 0 amide bonds. The van der Waals surface area contributed by atoms with Gasteiger partial charge in [0, 0.05) is 0 Å². The molecular weight excluding hydrogens is 226 g/mol. The fraction of sp³-hybridized carbons (Fsp3) is 0.933. The monoisotopic (exact) mass is 253 g/mol. The van der Waals surface area contributed by atoms with Gasteiger partial charge in [0.2, 0.25) is 0 Å². The number of nitrogens with one attached hydrogen (secondary N) is 1. The van der Waals surface area contributed by atoms with Gasteiger partial charge in [0.05, 0.1) is 0 Å². The Morgan fingerprint density at radius 2 is 2.06 bits per heavy atom. The summed E-state index contributed by atoms with van der Waals surface area (Å²) in [7, 11) is 0. The maximum Gasteiger partial charge on any atom is 0.326 e. The lowest BCUT2D eigenvalue weighted by molar-refractivity contribution is -0.159. The first-order chi connectivity index (χ1) is 8.66. The molecular formula is C15H27NO2. The highest BCUT2D eigenvalue weighted by molar-refractivity contribution is 5.81. The average molecular weight is 253 g/mol. The van der Waals surface area contributed by atoms with Gasteiger partial charge in [-0.25, -0.2) is 0 Å². The highest BCUT2D eigenvalue weighted by atomic mass is 16.5.